The van der Waals surface area contributed by atoms with Crippen LogP contribution in [0.3, 0.4) is 0 Å². The van der Waals surface area contributed by atoms with Crippen molar-refractivity contribution in [3.63, 3.8) is 0 Å². The summed E-state index contributed by atoms with van der Waals surface area (Å²) in [5.41, 5.74) is 2.09. The van der Waals surface area contributed by atoms with Crippen LogP contribution in [0.1, 0.15) is 52.1 Å². The Morgan fingerprint density at radius 3 is 2.41 bits per heavy atom. The molecule has 0 aliphatic carbocycles. The third-order valence-electron chi connectivity index (χ3n) is 3.64. The van der Waals surface area contributed by atoms with Crippen LogP contribution in [-0.2, 0) is 10.2 Å². The van der Waals surface area contributed by atoms with Crippen LogP contribution in [0.25, 0.3) is 11.4 Å². The quantitative estimate of drug-likeness (QED) is 0.918. The molecule has 2 rings (SSSR count). The van der Waals surface area contributed by atoms with Gasteiger partial charge >= 0.3 is 5.97 Å². The van der Waals surface area contributed by atoms with Gasteiger partial charge in [-0.25, -0.2) is 9.48 Å². The Kier molecular flexibility index (Phi) is 4.59. The zero-order chi connectivity index (χ0) is 16.3. The number of hydrogen-bond donors (Lipinski definition) is 1. The summed E-state index contributed by atoms with van der Waals surface area (Å²) in [5, 5.41) is 20.9. The molecule has 1 aromatic heterocycles. The lowest BCUT2D eigenvalue weighted by Gasteiger charge is -2.19. The van der Waals surface area contributed by atoms with Crippen LogP contribution in [0.5, 0.6) is 0 Å². The molecule has 6 heteroatoms. The van der Waals surface area contributed by atoms with Gasteiger partial charge in [0.15, 0.2) is 11.9 Å². The average molecular weight is 302 g/mol. The Morgan fingerprint density at radius 1 is 1.27 bits per heavy atom. The minimum Gasteiger partial charge on any atom is -0.480 e. The lowest BCUT2D eigenvalue weighted by Crippen LogP contribution is -2.21. The number of nitrogens with zero attached hydrogens (tertiary/aromatic N) is 4. The fourth-order valence-electron chi connectivity index (χ4n) is 2.34. The SMILES string of the molecule is CCCC(C(=O)O)n1nnnc1-c1ccc(C(C)(C)C)cc1. The summed E-state index contributed by atoms with van der Waals surface area (Å²) in [7, 11) is 0. The highest BCUT2D eigenvalue weighted by Crippen LogP contribution is 2.26. The van der Waals surface area contributed by atoms with E-state index in [1.807, 2.05) is 31.2 Å². The first-order chi connectivity index (χ1) is 10.3. The van der Waals surface area contributed by atoms with Crippen LogP contribution in [0.2, 0.25) is 0 Å². The smallest absolute Gasteiger partial charge is 0.328 e. The number of aromatic nitrogens is 4. The Hall–Kier alpha value is -2.24. The van der Waals surface area contributed by atoms with E-state index in [0.717, 1.165) is 12.0 Å². The summed E-state index contributed by atoms with van der Waals surface area (Å²) in [6.45, 7) is 8.38. The monoisotopic (exact) mass is 302 g/mol. The minimum absolute atomic E-state index is 0.0657. The zero-order valence-corrected chi connectivity index (χ0v) is 13.4. The van der Waals surface area contributed by atoms with Crippen LogP contribution in [0.4, 0.5) is 0 Å². The molecule has 0 bridgehead atoms. The van der Waals surface area contributed by atoms with Gasteiger partial charge in [0, 0.05) is 5.56 Å². The molecule has 1 N–H and O–H groups in total. The molecule has 1 aromatic carbocycles. The van der Waals surface area contributed by atoms with Crippen LogP contribution in [0.15, 0.2) is 24.3 Å². The highest BCUT2D eigenvalue weighted by Gasteiger charge is 2.24. The van der Waals surface area contributed by atoms with Gasteiger partial charge in [-0.05, 0) is 27.8 Å². The first kappa shape index (κ1) is 16.1. The molecule has 0 aliphatic heterocycles. The summed E-state index contributed by atoms with van der Waals surface area (Å²) in [4.78, 5) is 11.4. The van der Waals surface area contributed by atoms with Gasteiger partial charge in [0.05, 0.1) is 0 Å². The van der Waals surface area contributed by atoms with Crippen molar-refractivity contribution < 1.29 is 9.90 Å². The molecule has 1 unspecified atom stereocenters. The van der Waals surface area contributed by atoms with Gasteiger partial charge in [-0.3, -0.25) is 0 Å². The van der Waals surface area contributed by atoms with Crippen molar-refractivity contribution in [3.8, 4) is 11.4 Å². The van der Waals surface area contributed by atoms with E-state index in [9.17, 15) is 9.90 Å². The third-order valence-corrected chi connectivity index (χ3v) is 3.64. The van der Waals surface area contributed by atoms with Gasteiger partial charge < -0.3 is 5.11 Å². The molecule has 0 fully saturated rings. The van der Waals surface area contributed by atoms with Crippen molar-refractivity contribution in [2.45, 2.75) is 52.0 Å². The first-order valence-corrected chi connectivity index (χ1v) is 7.46. The molecule has 0 aliphatic rings. The largest absolute Gasteiger partial charge is 0.480 e. The van der Waals surface area contributed by atoms with Gasteiger partial charge in [0.25, 0.3) is 0 Å². The van der Waals surface area contributed by atoms with E-state index in [2.05, 4.69) is 36.3 Å². The number of benzene rings is 1. The second-order valence-electron chi connectivity index (χ2n) is 6.42. The molecule has 1 heterocycles. The van der Waals surface area contributed by atoms with Gasteiger partial charge in [0.2, 0.25) is 0 Å². The normalized spacial score (nSPS) is 13.1. The number of carboxylic acid groups (broad SMARTS) is 1. The highest BCUT2D eigenvalue weighted by molar-refractivity contribution is 5.72. The van der Waals surface area contributed by atoms with E-state index in [1.54, 1.807) is 0 Å². The molecular formula is C16H22N4O2. The Bertz CT molecular complexity index is 641. The van der Waals surface area contributed by atoms with Crippen LogP contribution in [0, 0.1) is 0 Å². The zero-order valence-electron chi connectivity index (χ0n) is 13.4. The number of carboxylic acids is 1. The van der Waals surface area contributed by atoms with Crippen molar-refractivity contribution in [2.75, 3.05) is 0 Å². The predicted octanol–water partition coefficient (Wildman–Crippen LogP) is 3.06. The first-order valence-electron chi connectivity index (χ1n) is 7.46. The standard InChI is InChI=1S/C16H22N4O2/c1-5-6-13(15(21)22)20-14(17-18-19-20)11-7-9-12(10-8-11)16(2,3)4/h7-10,13H,5-6H2,1-4H3,(H,21,22). The fraction of sp³-hybridized carbons (Fsp3) is 0.500. The number of carbonyl (C=O) groups is 1. The number of aliphatic carboxylic acids is 1. The van der Waals surface area contributed by atoms with E-state index in [0.29, 0.717) is 12.2 Å². The van der Waals surface area contributed by atoms with E-state index >= 15 is 0 Å². The predicted molar refractivity (Wildman–Crippen MR) is 83.5 cm³/mol. The van der Waals surface area contributed by atoms with Crippen LogP contribution in [-0.4, -0.2) is 31.3 Å². The summed E-state index contributed by atoms with van der Waals surface area (Å²) >= 11 is 0. The van der Waals surface area contributed by atoms with E-state index < -0.39 is 12.0 Å². The summed E-state index contributed by atoms with van der Waals surface area (Å²) in [5.74, 6) is -0.428. The molecule has 0 amide bonds. The second kappa shape index (κ2) is 6.25. The van der Waals surface area contributed by atoms with Crippen LogP contribution < -0.4 is 0 Å². The maximum Gasteiger partial charge on any atom is 0.328 e. The second-order valence-corrected chi connectivity index (χ2v) is 6.42. The molecule has 6 nitrogen and oxygen atoms in total. The molecule has 2 aromatic rings. The number of rotatable bonds is 5. The molecule has 22 heavy (non-hydrogen) atoms. The molecule has 0 saturated heterocycles. The van der Waals surface area contributed by atoms with E-state index in [1.165, 1.54) is 10.2 Å². The molecule has 0 saturated carbocycles. The van der Waals surface area contributed by atoms with Crippen LogP contribution >= 0.6 is 0 Å². The lowest BCUT2D eigenvalue weighted by atomic mass is 9.86. The highest BCUT2D eigenvalue weighted by atomic mass is 16.4. The lowest BCUT2D eigenvalue weighted by molar-refractivity contribution is -0.141. The van der Waals surface area contributed by atoms with Crippen molar-refractivity contribution in [2.24, 2.45) is 0 Å². The number of hydrogen-bond acceptors (Lipinski definition) is 4. The topological polar surface area (TPSA) is 80.9 Å². The van der Waals surface area contributed by atoms with Gasteiger partial charge in [0.1, 0.15) is 0 Å². The summed E-state index contributed by atoms with van der Waals surface area (Å²) in [6.07, 6.45) is 1.24. The molecule has 118 valence electrons. The van der Waals surface area contributed by atoms with E-state index in [-0.39, 0.29) is 5.41 Å². The third kappa shape index (κ3) is 3.32. The Labute approximate surface area is 130 Å². The maximum absolute atomic E-state index is 11.4. The molecule has 0 spiro atoms. The molecule has 0 radical (unpaired) electrons. The Morgan fingerprint density at radius 2 is 1.91 bits per heavy atom. The Balaban J connectivity index is 2.38. The van der Waals surface area contributed by atoms with E-state index in [4.69, 9.17) is 0 Å². The van der Waals surface area contributed by atoms with Crippen molar-refractivity contribution in [1.29, 1.82) is 0 Å². The fourth-order valence-corrected chi connectivity index (χ4v) is 2.34. The van der Waals surface area contributed by atoms with Gasteiger partial charge in [-0.2, -0.15) is 0 Å². The average Bonchev–Trinajstić information content (AvgIpc) is 2.92. The molecular weight excluding hydrogens is 280 g/mol. The summed E-state index contributed by atoms with van der Waals surface area (Å²) in [6, 6.07) is 7.20. The van der Waals surface area contributed by atoms with Gasteiger partial charge in [-0.15, -0.1) is 5.10 Å². The summed E-state index contributed by atoms with van der Waals surface area (Å²) < 4.78 is 1.40. The minimum atomic E-state index is -0.915. The van der Waals surface area contributed by atoms with Crippen molar-refractivity contribution >= 4 is 5.97 Å². The number of tetrazole rings is 1. The van der Waals surface area contributed by atoms with Gasteiger partial charge in [-0.1, -0.05) is 58.4 Å². The molecule has 1 atom stereocenters. The van der Waals surface area contributed by atoms with Crippen molar-refractivity contribution in [1.82, 2.24) is 20.2 Å². The van der Waals surface area contributed by atoms with Crippen molar-refractivity contribution in [3.05, 3.63) is 29.8 Å². The maximum atomic E-state index is 11.4.